The summed E-state index contributed by atoms with van der Waals surface area (Å²) < 4.78 is 0. The lowest BCUT2D eigenvalue weighted by Gasteiger charge is -2.41. The van der Waals surface area contributed by atoms with E-state index >= 15 is 0 Å². The van der Waals surface area contributed by atoms with Crippen molar-refractivity contribution in [2.75, 3.05) is 27.2 Å². The van der Waals surface area contributed by atoms with Gasteiger partial charge in [-0.15, -0.1) is 0 Å². The van der Waals surface area contributed by atoms with Crippen LogP contribution in [-0.4, -0.2) is 103 Å². The molecule has 14 nitrogen and oxygen atoms in total. The minimum atomic E-state index is -0.920. The first-order chi connectivity index (χ1) is 31.4. The third kappa shape index (κ3) is 10.7. The molecule has 1 saturated heterocycles. The summed E-state index contributed by atoms with van der Waals surface area (Å²) in [6.45, 7) is 11.9. The molecule has 66 heavy (non-hydrogen) atoms. The number of benzene rings is 3. The number of hydrogen-bond acceptors (Lipinski definition) is 8. The van der Waals surface area contributed by atoms with Crippen LogP contribution in [0, 0.1) is 10.8 Å². The van der Waals surface area contributed by atoms with Gasteiger partial charge in [0.15, 0.2) is 0 Å². The summed E-state index contributed by atoms with van der Waals surface area (Å²) in [5.74, 6) is -1.79. The van der Waals surface area contributed by atoms with Crippen molar-refractivity contribution in [2.24, 2.45) is 10.8 Å². The van der Waals surface area contributed by atoms with Crippen molar-refractivity contribution >= 4 is 35.4 Å². The number of likely N-dealkylation sites (N-methyl/N-ethyl adjacent to an activating group) is 2. The van der Waals surface area contributed by atoms with Crippen molar-refractivity contribution < 1.29 is 28.8 Å². The van der Waals surface area contributed by atoms with Gasteiger partial charge in [0.1, 0.15) is 18.1 Å². The molecule has 7 atom stereocenters. The summed E-state index contributed by atoms with van der Waals surface area (Å²) in [6.07, 6.45) is 5.71. The summed E-state index contributed by atoms with van der Waals surface area (Å²) >= 11 is 0. The Kier molecular flexibility index (Phi) is 14.7. The van der Waals surface area contributed by atoms with Crippen molar-refractivity contribution in [3.8, 4) is 0 Å². The van der Waals surface area contributed by atoms with Gasteiger partial charge in [-0.25, -0.2) is 0 Å². The second-order valence-electron chi connectivity index (χ2n) is 20.9. The quantitative estimate of drug-likeness (QED) is 0.155. The molecule has 6 N–H and O–H groups in total. The van der Waals surface area contributed by atoms with Gasteiger partial charge in [-0.3, -0.25) is 28.8 Å². The lowest BCUT2D eigenvalue weighted by molar-refractivity contribution is -0.147. The fraction of sp³-hybridized carbons (Fsp3) is 0.538. The van der Waals surface area contributed by atoms with E-state index in [-0.39, 0.29) is 80.0 Å². The fourth-order valence-corrected chi connectivity index (χ4v) is 10.5. The number of amides is 6. The fourth-order valence-electron chi connectivity index (χ4n) is 10.5. The minimum Gasteiger partial charge on any atom is -0.347 e. The maximum Gasteiger partial charge on any atom is 0.251 e. The monoisotopic (exact) mass is 903 g/mol. The van der Waals surface area contributed by atoms with Gasteiger partial charge in [0.2, 0.25) is 29.5 Å². The third-order valence-electron chi connectivity index (χ3n) is 13.9. The van der Waals surface area contributed by atoms with Crippen LogP contribution in [0.25, 0.3) is 0 Å². The number of hydrogen-bond donors (Lipinski definition) is 6. The van der Waals surface area contributed by atoms with Crippen LogP contribution in [0.4, 0.5) is 0 Å². The zero-order chi connectivity index (χ0) is 47.5. The first kappa shape index (κ1) is 48.3. The minimum absolute atomic E-state index is 0.0322. The van der Waals surface area contributed by atoms with E-state index in [9.17, 15) is 28.8 Å². The van der Waals surface area contributed by atoms with Gasteiger partial charge in [0.25, 0.3) is 5.91 Å². The van der Waals surface area contributed by atoms with Crippen LogP contribution >= 0.6 is 0 Å². The molecule has 3 aromatic carbocycles. The number of carbonyl (C=O) groups excluding carboxylic acids is 6. The van der Waals surface area contributed by atoms with E-state index < -0.39 is 41.0 Å². The third-order valence-corrected chi connectivity index (χ3v) is 13.9. The van der Waals surface area contributed by atoms with Crippen LogP contribution in [0.1, 0.15) is 129 Å². The molecule has 0 spiro atoms. The van der Waals surface area contributed by atoms with E-state index in [1.54, 1.807) is 36.0 Å². The summed E-state index contributed by atoms with van der Waals surface area (Å²) in [4.78, 5) is 88.2. The first-order valence-corrected chi connectivity index (χ1v) is 23.8. The smallest absolute Gasteiger partial charge is 0.251 e. The molecule has 0 bridgehead atoms. The number of aryl methyl sites for hydroxylation is 2. The Labute approximate surface area is 390 Å². The van der Waals surface area contributed by atoms with Gasteiger partial charge >= 0.3 is 0 Å². The molecule has 2 aliphatic heterocycles. The van der Waals surface area contributed by atoms with Gasteiger partial charge in [0, 0.05) is 31.1 Å². The molecular weight excluding hydrogens is 833 g/mol. The van der Waals surface area contributed by atoms with Gasteiger partial charge in [-0.1, -0.05) is 96.1 Å². The Bertz CT molecular complexity index is 2320. The highest BCUT2D eigenvalue weighted by molar-refractivity contribution is 5.97. The molecule has 7 rings (SSSR count). The van der Waals surface area contributed by atoms with Crippen LogP contribution in [-0.2, 0) is 49.8 Å². The molecule has 0 aromatic heterocycles. The van der Waals surface area contributed by atoms with Crippen LogP contribution < -0.4 is 31.9 Å². The van der Waals surface area contributed by atoms with Gasteiger partial charge in [-0.05, 0) is 115 Å². The second-order valence-corrected chi connectivity index (χ2v) is 20.9. The summed E-state index contributed by atoms with van der Waals surface area (Å²) in [5, 5.41) is 18.6. The van der Waals surface area contributed by atoms with Crippen molar-refractivity contribution in [3.05, 3.63) is 106 Å². The maximum atomic E-state index is 14.7. The number of nitrogens with zero attached hydrogens (tertiary/aromatic N) is 2. The summed E-state index contributed by atoms with van der Waals surface area (Å²) in [6, 6.07) is 17.5. The highest BCUT2D eigenvalue weighted by Gasteiger charge is 2.46. The van der Waals surface area contributed by atoms with Crippen LogP contribution in [0.3, 0.4) is 0 Å². The normalized spacial score (nSPS) is 22.5. The summed E-state index contributed by atoms with van der Waals surface area (Å²) in [7, 11) is 3.41. The highest BCUT2D eigenvalue weighted by Crippen LogP contribution is 2.34. The van der Waals surface area contributed by atoms with Crippen molar-refractivity contribution in [1.29, 1.82) is 0 Å². The van der Waals surface area contributed by atoms with Crippen LogP contribution in [0.2, 0.25) is 0 Å². The Morgan fingerprint density at radius 2 is 1.21 bits per heavy atom. The Hall–Kier alpha value is -5.60. The molecule has 7 unspecified atom stereocenters. The van der Waals surface area contributed by atoms with E-state index in [4.69, 9.17) is 0 Å². The van der Waals surface area contributed by atoms with Gasteiger partial charge < -0.3 is 41.7 Å². The molecule has 6 amide bonds. The molecule has 354 valence electrons. The van der Waals surface area contributed by atoms with Crippen molar-refractivity contribution in [1.82, 2.24) is 41.7 Å². The van der Waals surface area contributed by atoms with Gasteiger partial charge in [-0.2, -0.15) is 0 Å². The second kappa shape index (κ2) is 20.1. The molecule has 0 radical (unpaired) electrons. The highest BCUT2D eigenvalue weighted by atomic mass is 16.2. The standard InChI is InChI=1S/C52H70N8O6/c1-51(2,3)44(54-8)49(65)60-30-36(27-42(60)48(64)57-40-22-14-18-32-16-10-12-20-38(32)40)55-46(62)33-23-24-34-29-59(50(66)45(52(4,5)6)58-43(61)28-53-7)41(26-35(34)25-33)47(63)56-39-21-13-17-31-15-9-11-19-37(31)39/h9-12,15-16,19-20,23-25,36,39-42,44-45,53-54H,13-14,17-18,21-22,26-30H2,1-8H3,(H,55,62)(H,56,63)(H,57,64)(H,58,61). The summed E-state index contributed by atoms with van der Waals surface area (Å²) in [5.41, 5.74) is 5.40. The van der Waals surface area contributed by atoms with E-state index in [1.807, 2.05) is 77.9 Å². The van der Waals surface area contributed by atoms with Crippen molar-refractivity contribution in [3.63, 3.8) is 0 Å². The molecule has 0 saturated carbocycles. The topological polar surface area (TPSA) is 181 Å². The molecule has 2 heterocycles. The Morgan fingerprint density at radius 1 is 0.652 bits per heavy atom. The lowest BCUT2D eigenvalue weighted by atomic mass is 9.83. The molecule has 2 aliphatic carbocycles. The maximum absolute atomic E-state index is 14.7. The van der Waals surface area contributed by atoms with Gasteiger partial charge in [0.05, 0.1) is 24.7 Å². The molecule has 4 aliphatic rings. The zero-order valence-electron chi connectivity index (χ0n) is 40.0. The van der Waals surface area contributed by atoms with Crippen LogP contribution in [0.5, 0.6) is 0 Å². The average Bonchev–Trinajstić information content (AvgIpc) is 3.71. The number of rotatable bonds is 12. The predicted molar refractivity (Wildman–Crippen MR) is 254 cm³/mol. The zero-order valence-corrected chi connectivity index (χ0v) is 40.0. The predicted octanol–water partition coefficient (Wildman–Crippen LogP) is 4.41. The molecule has 3 aromatic rings. The first-order valence-electron chi connectivity index (χ1n) is 23.8. The number of nitrogens with one attached hydrogen (secondary N) is 6. The number of carbonyl (C=O) groups is 6. The average molecular weight is 903 g/mol. The van der Waals surface area contributed by atoms with E-state index in [1.165, 1.54) is 11.1 Å². The van der Waals surface area contributed by atoms with E-state index in [2.05, 4.69) is 50.1 Å². The number of fused-ring (bicyclic) bond motifs is 3. The van der Waals surface area contributed by atoms with E-state index in [0.29, 0.717) is 5.56 Å². The van der Waals surface area contributed by atoms with Crippen molar-refractivity contribution in [2.45, 2.75) is 142 Å². The molecular formula is C52H70N8O6. The molecule has 14 heteroatoms. The Morgan fingerprint density at radius 3 is 1.77 bits per heavy atom. The largest absolute Gasteiger partial charge is 0.347 e. The number of likely N-dealkylation sites (tertiary alicyclic amines) is 1. The lowest BCUT2D eigenvalue weighted by Crippen LogP contribution is -2.61. The SMILES string of the molecule is CNCC(=O)NC(C(=O)N1Cc2ccc(C(=O)NC3CC(C(=O)NC4CCCc5ccccc54)N(C(=O)C(NC)C(C)(C)C)C3)cc2CC1C(=O)NC1CCCc2ccccc21)C(C)(C)C. The Balaban J connectivity index is 1.13. The van der Waals surface area contributed by atoms with E-state index in [0.717, 1.165) is 60.8 Å². The molecule has 1 fully saturated rings. The van der Waals surface area contributed by atoms with Crippen LogP contribution in [0.15, 0.2) is 66.7 Å².